The van der Waals surface area contributed by atoms with Gasteiger partial charge in [0.25, 0.3) is 0 Å². The topological polar surface area (TPSA) is 101 Å². The predicted molar refractivity (Wildman–Crippen MR) is 139 cm³/mol. The highest BCUT2D eigenvalue weighted by molar-refractivity contribution is 7.89. The van der Waals surface area contributed by atoms with Gasteiger partial charge in [0.2, 0.25) is 22.7 Å². The van der Waals surface area contributed by atoms with E-state index >= 15 is 0 Å². The molecule has 3 aliphatic heterocycles. The Balaban J connectivity index is 1.16. The summed E-state index contributed by atoms with van der Waals surface area (Å²) in [5.74, 6) is 1.80. The van der Waals surface area contributed by atoms with E-state index in [1.165, 1.54) is 29.1 Å². The van der Waals surface area contributed by atoms with E-state index < -0.39 is 10.0 Å². The monoisotopic (exact) mass is 530 g/mol. The van der Waals surface area contributed by atoms with Crippen molar-refractivity contribution in [2.24, 2.45) is 0 Å². The number of amides is 1. The Bertz CT molecular complexity index is 1220. The van der Waals surface area contributed by atoms with E-state index in [-0.39, 0.29) is 24.1 Å². The van der Waals surface area contributed by atoms with Crippen molar-refractivity contribution in [3.05, 3.63) is 42.0 Å². The number of benzene rings is 2. The smallest absolute Gasteiger partial charge is 0.243 e. The Morgan fingerprint density at radius 2 is 1.65 bits per heavy atom. The van der Waals surface area contributed by atoms with Gasteiger partial charge in [0, 0.05) is 45.8 Å². The van der Waals surface area contributed by atoms with Crippen LogP contribution in [0.4, 0.5) is 5.69 Å². The highest BCUT2D eigenvalue weighted by Gasteiger charge is 2.27. The maximum Gasteiger partial charge on any atom is 0.243 e. The summed E-state index contributed by atoms with van der Waals surface area (Å²) in [7, 11) is -2.11. The molecule has 5 rings (SSSR count). The molecule has 11 heteroatoms. The van der Waals surface area contributed by atoms with Crippen molar-refractivity contribution < 1.29 is 27.4 Å². The number of piperidine rings is 1. The summed E-state index contributed by atoms with van der Waals surface area (Å²) < 4.78 is 44.0. The van der Waals surface area contributed by atoms with Gasteiger partial charge in [-0.05, 0) is 48.7 Å². The molecule has 3 aliphatic rings. The maximum atomic E-state index is 13.1. The van der Waals surface area contributed by atoms with Gasteiger partial charge in [-0.15, -0.1) is 0 Å². The molecule has 2 fully saturated rings. The van der Waals surface area contributed by atoms with Gasteiger partial charge in [0.1, 0.15) is 5.75 Å². The quantitative estimate of drug-likeness (QED) is 0.555. The van der Waals surface area contributed by atoms with E-state index in [9.17, 15) is 13.2 Å². The van der Waals surface area contributed by atoms with E-state index in [0.29, 0.717) is 24.5 Å². The molecule has 0 radical (unpaired) electrons. The minimum Gasteiger partial charge on any atom is -0.495 e. The van der Waals surface area contributed by atoms with Gasteiger partial charge in [-0.1, -0.05) is 12.5 Å². The summed E-state index contributed by atoms with van der Waals surface area (Å²) in [6, 6.07) is 10.7. The number of carbonyl (C=O) groups excluding carboxylic acids is 1. The molecule has 0 spiro atoms. The van der Waals surface area contributed by atoms with Gasteiger partial charge in [-0.2, -0.15) is 4.31 Å². The van der Waals surface area contributed by atoms with E-state index in [0.717, 1.165) is 63.5 Å². The normalized spacial score (nSPS) is 19.1. The summed E-state index contributed by atoms with van der Waals surface area (Å²) in [6.45, 7) is 5.56. The van der Waals surface area contributed by atoms with E-state index in [1.807, 2.05) is 12.1 Å². The number of hydrogen-bond acceptors (Lipinski definition) is 8. The number of piperazine rings is 1. The lowest BCUT2D eigenvalue weighted by Crippen LogP contribution is -2.48. The molecule has 3 heterocycles. The van der Waals surface area contributed by atoms with Crippen LogP contribution in [-0.2, 0) is 21.4 Å². The molecule has 2 saturated heterocycles. The average Bonchev–Trinajstić information content (AvgIpc) is 3.38. The lowest BCUT2D eigenvalue weighted by atomic mass is 10.1. The fraction of sp³-hybridized carbons (Fsp3) is 0.500. The fourth-order valence-corrected chi connectivity index (χ4v) is 6.54. The second-order valence-electron chi connectivity index (χ2n) is 9.61. The fourth-order valence-electron chi connectivity index (χ4n) is 5.00. The van der Waals surface area contributed by atoms with Crippen LogP contribution < -0.4 is 19.5 Å². The first-order valence-corrected chi connectivity index (χ1v) is 14.2. The molecule has 0 aliphatic carbocycles. The van der Waals surface area contributed by atoms with Crippen molar-refractivity contribution >= 4 is 21.6 Å². The van der Waals surface area contributed by atoms with E-state index in [4.69, 9.17) is 14.2 Å². The van der Waals surface area contributed by atoms with Crippen molar-refractivity contribution in [3.8, 4) is 17.2 Å². The van der Waals surface area contributed by atoms with Gasteiger partial charge in [-0.25, -0.2) is 8.42 Å². The number of carbonyl (C=O) groups is 1. The molecule has 0 unspecified atom stereocenters. The zero-order valence-electron chi connectivity index (χ0n) is 21.1. The first kappa shape index (κ1) is 25.8. The van der Waals surface area contributed by atoms with Crippen molar-refractivity contribution in [1.82, 2.24) is 14.1 Å². The molecule has 0 bridgehead atoms. The lowest BCUT2D eigenvalue weighted by molar-refractivity contribution is -0.117. The molecule has 1 N–H and O–H groups in total. The molecule has 0 aromatic heterocycles. The number of rotatable bonds is 8. The Morgan fingerprint density at radius 3 is 2.41 bits per heavy atom. The number of ether oxygens (including phenoxy) is 3. The number of methoxy groups -OCH3 is 1. The van der Waals surface area contributed by atoms with Crippen LogP contribution in [-0.4, -0.2) is 88.1 Å². The zero-order chi connectivity index (χ0) is 25.8. The van der Waals surface area contributed by atoms with E-state index in [1.54, 1.807) is 6.07 Å². The number of anilines is 1. The predicted octanol–water partition coefficient (Wildman–Crippen LogP) is 2.35. The molecule has 10 nitrogen and oxygen atoms in total. The van der Waals surface area contributed by atoms with Crippen LogP contribution in [0, 0.1) is 0 Å². The minimum atomic E-state index is -3.61. The Hall–Kier alpha value is -2.86. The van der Waals surface area contributed by atoms with Crippen LogP contribution in [0.25, 0.3) is 0 Å². The molecule has 37 heavy (non-hydrogen) atoms. The summed E-state index contributed by atoms with van der Waals surface area (Å²) >= 11 is 0. The van der Waals surface area contributed by atoms with E-state index in [2.05, 4.69) is 21.2 Å². The first-order chi connectivity index (χ1) is 17.9. The zero-order valence-corrected chi connectivity index (χ0v) is 22.0. The molecule has 1 amide bonds. The van der Waals surface area contributed by atoms with Crippen LogP contribution in [0.5, 0.6) is 17.2 Å². The van der Waals surface area contributed by atoms with Crippen molar-refractivity contribution in [2.75, 3.05) is 65.0 Å². The third kappa shape index (κ3) is 6.01. The minimum absolute atomic E-state index is 0.169. The van der Waals surface area contributed by atoms with Crippen LogP contribution in [0.1, 0.15) is 24.8 Å². The molecular formula is C26H34N4O6S. The average molecular weight is 531 g/mol. The second-order valence-corrected chi connectivity index (χ2v) is 11.6. The van der Waals surface area contributed by atoms with Gasteiger partial charge in [-0.3, -0.25) is 14.6 Å². The third-order valence-electron chi connectivity index (χ3n) is 7.07. The van der Waals surface area contributed by atoms with Gasteiger partial charge >= 0.3 is 0 Å². The standard InChI is InChI=1S/C26H34N4O6S/c1-34-23-8-6-21(37(32,33)30-9-3-2-4-10-30)16-22(23)27-26(31)18-29-13-11-28(12-14-29)17-20-5-7-24-25(15-20)36-19-35-24/h5-8,15-16H,2-4,9-14,17-19H2,1H3,(H,27,31). The Labute approximate surface area is 218 Å². The maximum absolute atomic E-state index is 13.1. The first-order valence-electron chi connectivity index (χ1n) is 12.7. The molecule has 200 valence electrons. The molecule has 2 aromatic rings. The van der Waals surface area contributed by atoms with Gasteiger partial charge in [0.15, 0.2) is 11.5 Å². The number of nitrogens with zero attached hydrogens (tertiary/aromatic N) is 3. The number of sulfonamides is 1. The summed E-state index contributed by atoms with van der Waals surface area (Å²) in [4.78, 5) is 17.5. The number of nitrogens with one attached hydrogen (secondary N) is 1. The number of hydrogen-bond donors (Lipinski definition) is 1. The third-order valence-corrected chi connectivity index (χ3v) is 8.97. The van der Waals surface area contributed by atoms with Crippen molar-refractivity contribution in [2.45, 2.75) is 30.7 Å². The molecule has 2 aromatic carbocycles. The highest BCUT2D eigenvalue weighted by Crippen LogP contribution is 2.33. The van der Waals surface area contributed by atoms with Crippen molar-refractivity contribution in [1.29, 1.82) is 0 Å². The SMILES string of the molecule is COc1ccc(S(=O)(=O)N2CCCCC2)cc1NC(=O)CN1CCN(Cc2ccc3c(c2)OCO3)CC1. The Kier molecular flexibility index (Phi) is 7.84. The molecule has 0 saturated carbocycles. The van der Waals surface area contributed by atoms with Crippen LogP contribution >= 0.6 is 0 Å². The number of fused-ring (bicyclic) bond motifs is 1. The van der Waals surface area contributed by atoms with Gasteiger partial charge in [0.05, 0.1) is 24.2 Å². The molecular weight excluding hydrogens is 496 g/mol. The summed E-state index contributed by atoms with van der Waals surface area (Å²) in [6.07, 6.45) is 2.77. The largest absolute Gasteiger partial charge is 0.495 e. The van der Waals surface area contributed by atoms with Crippen LogP contribution in [0.2, 0.25) is 0 Å². The van der Waals surface area contributed by atoms with Crippen molar-refractivity contribution in [3.63, 3.8) is 0 Å². The summed E-state index contributed by atoms with van der Waals surface area (Å²) in [5, 5.41) is 2.87. The lowest BCUT2D eigenvalue weighted by Gasteiger charge is -2.34. The van der Waals surface area contributed by atoms with Gasteiger partial charge < -0.3 is 19.5 Å². The Morgan fingerprint density at radius 1 is 0.919 bits per heavy atom. The molecule has 0 atom stereocenters. The highest BCUT2D eigenvalue weighted by atomic mass is 32.2. The summed E-state index contributed by atoms with van der Waals surface area (Å²) in [5.41, 5.74) is 1.54. The van der Waals surface area contributed by atoms with Crippen LogP contribution in [0.15, 0.2) is 41.3 Å². The van der Waals surface area contributed by atoms with Crippen LogP contribution in [0.3, 0.4) is 0 Å². The second kappa shape index (κ2) is 11.3.